The van der Waals surface area contributed by atoms with Crippen LogP contribution in [0.15, 0.2) is 46.9 Å². The van der Waals surface area contributed by atoms with Gasteiger partial charge >= 0.3 is 5.97 Å². The first-order valence-electron chi connectivity index (χ1n) is 7.95. The summed E-state index contributed by atoms with van der Waals surface area (Å²) in [7, 11) is 1.28. The highest BCUT2D eigenvalue weighted by Gasteiger charge is 2.19. The molecule has 2 aromatic rings. The predicted molar refractivity (Wildman–Crippen MR) is 100 cm³/mol. The molecule has 1 heterocycles. The first-order valence-corrected chi connectivity index (χ1v) is 9.34. The van der Waals surface area contributed by atoms with Crippen molar-refractivity contribution < 1.29 is 23.1 Å². The van der Waals surface area contributed by atoms with Crippen molar-refractivity contribution in [1.29, 1.82) is 0 Å². The lowest BCUT2D eigenvalue weighted by Gasteiger charge is -2.14. The minimum Gasteiger partial charge on any atom is -0.467 e. The van der Waals surface area contributed by atoms with Gasteiger partial charge in [0, 0.05) is 6.08 Å². The van der Waals surface area contributed by atoms with Gasteiger partial charge in [-0.25, -0.2) is 9.18 Å². The fourth-order valence-corrected chi connectivity index (χ4v) is 2.72. The standard InChI is InChI=1S/C19H20FNO4S/c1-24-19(23)16(11-12-26-2)21-18(22)10-8-13-7-9-17(25-13)14-5-3-4-6-15(14)20/h3-10,16H,11-12H2,1-2H3,(H,21,22)/b10-8+/t16-/m1/s1. The Bertz CT molecular complexity index is 787. The van der Waals surface area contributed by atoms with E-state index in [9.17, 15) is 14.0 Å². The molecule has 1 aromatic heterocycles. The molecular weight excluding hydrogens is 357 g/mol. The maximum Gasteiger partial charge on any atom is 0.328 e. The number of ether oxygens (including phenoxy) is 1. The maximum atomic E-state index is 13.8. The summed E-state index contributed by atoms with van der Waals surface area (Å²) in [5.74, 6) is 0.178. The van der Waals surface area contributed by atoms with Crippen molar-refractivity contribution in [2.45, 2.75) is 12.5 Å². The lowest BCUT2D eigenvalue weighted by Crippen LogP contribution is -2.41. The van der Waals surface area contributed by atoms with E-state index in [2.05, 4.69) is 5.32 Å². The molecule has 5 nitrogen and oxygen atoms in total. The summed E-state index contributed by atoms with van der Waals surface area (Å²) in [4.78, 5) is 23.7. The maximum absolute atomic E-state index is 13.8. The summed E-state index contributed by atoms with van der Waals surface area (Å²) in [6, 6.07) is 8.84. The van der Waals surface area contributed by atoms with E-state index >= 15 is 0 Å². The first kappa shape index (κ1) is 19.8. The van der Waals surface area contributed by atoms with Crippen molar-refractivity contribution in [3.8, 4) is 11.3 Å². The van der Waals surface area contributed by atoms with Gasteiger partial charge in [-0.3, -0.25) is 4.79 Å². The zero-order valence-electron chi connectivity index (χ0n) is 14.5. The highest BCUT2D eigenvalue weighted by atomic mass is 32.2. The third-order valence-corrected chi connectivity index (χ3v) is 4.22. The molecule has 0 aliphatic heterocycles. The molecule has 138 valence electrons. The summed E-state index contributed by atoms with van der Waals surface area (Å²) in [6.45, 7) is 0. The number of nitrogens with one attached hydrogen (secondary N) is 1. The Hall–Kier alpha value is -2.54. The van der Waals surface area contributed by atoms with Crippen molar-refractivity contribution >= 4 is 29.7 Å². The van der Waals surface area contributed by atoms with Crippen LogP contribution in [0.1, 0.15) is 12.2 Å². The van der Waals surface area contributed by atoms with Crippen LogP contribution in [0, 0.1) is 5.82 Å². The Labute approximate surface area is 155 Å². The van der Waals surface area contributed by atoms with E-state index in [4.69, 9.17) is 9.15 Å². The third-order valence-electron chi connectivity index (χ3n) is 3.58. The van der Waals surface area contributed by atoms with Crippen LogP contribution in [0.3, 0.4) is 0 Å². The van der Waals surface area contributed by atoms with Crippen LogP contribution in [0.5, 0.6) is 0 Å². The summed E-state index contributed by atoms with van der Waals surface area (Å²) in [6.07, 6.45) is 5.12. The number of hydrogen-bond acceptors (Lipinski definition) is 5. The molecule has 0 unspecified atom stereocenters. The Morgan fingerprint density at radius 3 is 2.77 bits per heavy atom. The van der Waals surface area contributed by atoms with E-state index in [-0.39, 0.29) is 5.82 Å². The first-order chi connectivity index (χ1) is 12.5. The average Bonchev–Trinajstić information content (AvgIpc) is 3.12. The van der Waals surface area contributed by atoms with Gasteiger partial charge in [0.15, 0.2) is 0 Å². The van der Waals surface area contributed by atoms with Gasteiger partial charge in [-0.05, 0) is 48.8 Å². The van der Waals surface area contributed by atoms with E-state index in [0.717, 1.165) is 0 Å². The molecule has 0 fully saturated rings. The molecule has 7 heteroatoms. The smallest absolute Gasteiger partial charge is 0.328 e. The Morgan fingerprint density at radius 1 is 1.31 bits per heavy atom. The number of halogens is 1. The molecule has 0 saturated heterocycles. The van der Waals surface area contributed by atoms with Crippen molar-refractivity contribution in [3.05, 3.63) is 54.1 Å². The van der Waals surface area contributed by atoms with Crippen LogP contribution in [-0.4, -0.2) is 37.0 Å². The molecule has 0 radical (unpaired) electrons. The fourth-order valence-electron chi connectivity index (χ4n) is 2.25. The van der Waals surface area contributed by atoms with E-state index in [1.54, 1.807) is 42.1 Å². The highest BCUT2D eigenvalue weighted by molar-refractivity contribution is 7.98. The fraction of sp³-hybridized carbons (Fsp3) is 0.263. The van der Waals surface area contributed by atoms with Gasteiger partial charge in [-0.2, -0.15) is 11.8 Å². The zero-order chi connectivity index (χ0) is 18.9. The summed E-state index contributed by atoms with van der Waals surface area (Å²) < 4.78 is 24.0. The average molecular weight is 377 g/mol. The second-order valence-corrected chi connectivity index (χ2v) is 6.37. The number of benzene rings is 1. The topological polar surface area (TPSA) is 68.5 Å². The number of amides is 1. The predicted octanol–water partition coefficient (Wildman–Crippen LogP) is 3.51. The van der Waals surface area contributed by atoms with Gasteiger partial charge in [-0.1, -0.05) is 12.1 Å². The molecule has 0 spiro atoms. The quantitative estimate of drug-likeness (QED) is 0.563. The molecule has 1 aromatic carbocycles. The SMILES string of the molecule is COC(=O)[C@@H](CCSC)NC(=O)/C=C/c1ccc(-c2ccccc2F)o1. The molecule has 26 heavy (non-hydrogen) atoms. The zero-order valence-corrected chi connectivity index (χ0v) is 15.3. The molecule has 1 atom stereocenters. The molecule has 1 N–H and O–H groups in total. The second-order valence-electron chi connectivity index (χ2n) is 5.38. The van der Waals surface area contributed by atoms with Gasteiger partial charge < -0.3 is 14.5 Å². The summed E-state index contributed by atoms with van der Waals surface area (Å²) in [5.41, 5.74) is 0.347. The molecule has 0 aliphatic rings. The van der Waals surface area contributed by atoms with E-state index in [1.807, 2.05) is 6.26 Å². The van der Waals surface area contributed by atoms with Crippen LogP contribution in [0.2, 0.25) is 0 Å². The van der Waals surface area contributed by atoms with Crippen LogP contribution >= 0.6 is 11.8 Å². The number of rotatable bonds is 8. The van der Waals surface area contributed by atoms with Crippen LogP contribution in [-0.2, 0) is 14.3 Å². The summed E-state index contributed by atoms with van der Waals surface area (Å²) in [5, 5.41) is 2.61. The van der Waals surface area contributed by atoms with Crippen molar-refractivity contribution in [1.82, 2.24) is 5.32 Å². The number of thioether (sulfide) groups is 1. The normalized spacial score (nSPS) is 12.1. The van der Waals surface area contributed by atoms with Crippen LogP contribution in [0.4, 0.5) is 4.39 Å². The van der Waals surface area contributed by atoms with Crippen molar-refractivity contribution in [2.75, 3.05) is 19.1 Å². The monoisotopic (exact) mass is 377 g/mol. The number of furan rings is 1. The van der Waals surface area contributed by atoms with Crippen molar-refractivity contribution in [2.24, 2.45) is 0 Å². The van der Waals surface area contributed by atoms with Gasteiger partial charge in [0.2, 0.25) is 5.91 Å². The molecule has 0 saturated carbocycles. The number of carbonyl (C=O) groups is 2. The number of methoxy groups -OCH3 is 1. The van der Waals surface area contributed by atoms with Gasteiger partial charge in [0.1, 0.15) is 23.4 Å². The van der Waals surface area contributed by atoms with Gasteiger partial charge in [0.05, 0.1) is 12.7 Å². The highest BCUT2D eigenvalue weighted by Crippen LogP contribution is 2.25. The largest absolute Gasteiger partial charge is 0.467 e. The lowest BCUT2D eigenvalue weighted by atomic mass is 10.1. The number of hydrogen-bond donors (Lipinski definition) is 1. The number of esters is 1. The molecule has 0 bridgehead atoms. The van der Waals surface area contributed by atoms with E-state index in [0.29, 0.717) is 29.3 Å². The molecule has 1 amide bonds. The number of carbonyl (C=O) groups excluding carboxylic acids is 2. The van der Waals surface area contributed by atoms with Crippen molar-refractivity contribution in [3.63, 3.8) is 0 Å². The molecule has 2 rings (SSSR count). The minimum atomic E-state index is -0.699. The second kappa shape index (κ2) is 9.82. The Kier molecular flexibility index (Phi) is 7.47. The van der Waals surface area contributed by atoms with Crippen LogP contribution < -0.4 is 5.32 Å². The van der Waals surface area contributed by atoms with E-state index in [1.165, 1.54) is 25.3 Å². The summed E-state index contributed by atoms with van der Waals surface area (Å²) >= 11 is 1.57. The lowest BCUT2D eigenvalue weighted by molar-refractivity contribution is -0.144. The van der Waals surface area contributed by atoms with E-state index < -0.39 is 17.9 Å². The molecular formula is C19H20FNO4S. The van der Waals surface area contributed by atoms with Gasteiger partial charge in [-0.15, -0.1) is 0 Å². The van der Waals surface area contributed by atoms with Gasteiger partial charge in [0.25, 0.3) is 0 Å². The Balaban J connectivity index is 2.01. The third kappa shape index (κ3) is 5.49. The minimum absolute atomic E-state index is 0.347. The Morgan fingerprint density at radius 2 is 2.08 bits per heavy atom. The molecule has 0 aliphatic carbocycles. The van der Waals surface area contributed by atoms with Crippen LogP contribution in [0.25, 0.3) is 17.4 Å².